The predicted molar refractivity (Wildman–Crippen MR) is 121 cm³/mol. The van der Waals surface area contributed by atoms with Gasteiger partial charge in [-0.25, -0.2) is 4.98 Å². The summed E-state index contributed by atoms with van der Waals surface area (Å²) in [5.41, 5.74) is 2.28. The van der Waals surface area contributed by atoms with Crippen molar-refractivity contribution in [3.8, 4) is 23.0 Å². The van der Waals surface area contributed by atoms with Gasteiger partial charge in [0.2, 0.25) is 5.89 Å². The van der Waals surface area contributed by atoms with Crippen LogP contribution in [-0.2, 0) is 9.59 Å². The number of benzene rings is 3. The van der Waals surface area contributed by atoms with Gasteiger partial charge in [0.05, 0.1) is 25.7 Å². The van der Waals surface area contributed by atoms with Crippen LogP contribution in [0.1, 0.15) is 25.7 Å². The molecular weight excluding hydrogens is 484 g/mol. The first-order valence-corrected chi connectivity index (χ1v) is 11.0. The van der Waals surface area contributed by atoms with Gasteiger partial charge < -0.3 is 33.7 Å². The van der Waals surface area contributed by atoms with Gasteiger partial charge in [0.15, 0.2) is 5.58 Å². The van der Waals surface area contributed by atoms with Gasteiger partial charge >= 0.3 is 59.1 Å². The Labute approximate surface area is 252 Å². The molecule has 0 aliphatic heterocycles. The van der Waals surface area contributed by atoms with E-state index >= 15 is 0 Å². The number of carbonyl (C=O) groups is 2. The second-order valence-electron chi connectivity index (χ2n) is 7.96. The van der Waals surface area contributed by atoms with Gasteiger partial charge in [0.1, 0.15) is 17.0 Å². The number of ether oxygens (including phenoxy) is 2. The zero-order chi connectivity index (χ0) is 24.1. The summed E-state index contributed by atoms with van der Waals surface area (Å²) >= 11 is 0. The number of unbranched alkanes of at least 4 members (excludes halogenated alkanes) is 2. The van der Waals surface area contributed by atoms with Crippen molar-refractivity contribution in [2.24, 2.45) is 5.92 Å². The van der Waals surface area contributed by atoms with Crippen molar-refractivity contribution in [1.29, 1.82) is 0 Å². The number of carboxylic acid groups (broad SMARTS) is 2. The first kappa shape index (κ1) is 30.2. The minimum atomic E-state index is -1.60. The van der Waals surface area contributed by atoms with E-state index in [9.17, 15) is 19.8 Å². The Balaban J connectivity index is 0.00000228. The molecule has 0 radical (unpaired) electrons. The predicted octanol–water partition coefficient (Wildman–Crippen LogP) is -3.28. The first-order chi connectivity index (χ1) is 16.4. The van der Waals surface area contributed by atoms with E-state index in [1.165, 1.54) is 0 Å². The number of carboxylic acids is 2. The summed E-state index contributed by atoms with van der Waals surface area (Å²) < 4.78 is 16.9. The Morgan fingerprint density at radius 2 is 1.58 bits per heavy atom. The number of methoxy groups -OCH3 is 1. The van der Waals surface area contributed by atoms with Crippen molar-refractivity contribution in [2.75, 3.05) is 13.7 Å². The van der Waals surface area contributed by atoms with Crippen LogP contribution >= 0.6 is 0 Å². The average molecular weight is 507 g/mol. The van der Waals surface area contributed by atoms with Crippen molar-refractivity contribution in [3.05, 3.63) is 54.6 Å². The molecule has 0 aliphatic carbocycles. The number of aromatic nitrogens is 1. The normalized spacial score (nSPS) is 10.6. The fraction of sp³-hybridized carbons (Fsp3) is 0.269. The molecule has 3 aromatic carbocycles. The molecule has 4 rings (SSSR count). The smallest absolute Gasteiger partial charge is 0.549 e. The van der Waals surface area contributed by atoms with E-state index in [1.807, 2.05) is 54.6 Å². The van der Waals surface area contributed by atoms with Crippen molar-refractivity contribution in [3.63, 3.8) is 0 Å². The van der Waals surface area contributed by atoms with Crippen LogP contribution in [0.15, 0.2) is 59.0 Å². The van der Waals surface area contributed by atoms with E-state index in [0.717, 1.165) is 27.6 Å². The van der Waals surface area contributed by atoms with Crippen LogP contribution in [0.25, 0.3) is 33.3 Å². The zero-order valence-electron chi connectivity index (χ0n) is 20.6. The third kappa shape index (κ3) is 7.47. The maximum Gasteiger partial charge on any atom is 1.00 e. The van der Waals surface area contributed by atoms with Gasteiger partial charge in [-0.05, 0) is 60.0 Å². The van der Waals surface area contributed by atoms with Crippen molar-refractivity contribution in [1.82, 2.24) is 4.98 Å². The number of hydrogen-bond donors (Lipinski definition) is 0. The monoisotopic (exact) mass is 507 g/mol. The number of aliphatic carboxylic acids is 2. The summed E-state index contributed by atoms with van der Waals surface area (Å²) in [6.07, 6.45) is 1.76. The van der Waals surface area contributed by atoms with E-state index in [-0.39, 0.29) is 65.5 Å². The Morgan fingerprint density at radius 1 is 0.889 bits per heavy atom. The summed E-state index contributed by atoms with van der Waals surface area (Å²) in [5, 5.41) is 23.5. The molecule has 0 spiro atoms. The van der Waals surface area contributed by atoms with E-state index in [0.29, 0.717) is 43.1 Å². The number of oxazole rings is 1. The molecule has 10 heteroatoms. The second kappa shape index (κ2) is 14.0. The minimum absolute atomic E-state index is 0. The van der Waals surface area contributed by atoms with Gasteiger partial charge in [0, 0.05) is 17.5 Å². The fourth-order valence-electron chi connectivity index (χ4n) is 3.75. The van der Waals surface area contributed by atoms with Gasteiger partial charge in [-0.3, -0.25) is 0 Å². The summed E-state index contributed by atoms with van der Waals surface area (Å²) in [6.45, 7) is 0.442. The summed E-state index contributed by atoms with van der Waals surface area (Å²) in [5.74, 6) is -2.81. The minimum Gasteiger partial charge on any atom is -0.549 e. The van der Waals surface area contributed by atoms with E-state index < -0.39 is 17.9 Å². The zero-order valence-corrected chi connectivity index (χ0v) is 24.6. The van der Waals surface area contributed by atoms with Crippen LogP contribution in [0, 0.1) is 5.92 Å². The van der Waals surface area contributed by atoms with E-state index in [4.69, 9.17) is 13.9 Å². The Kier molecular flexibility index (Phi) is 11.7. The fourth-order valence-corrected chi connectivity index (χ4v) is 3.75. The van der Waals surface area contributed by atoms with Gasteiger partial charge in [0.25, 0.3) is 0 Å². The van der Waals surface area contributed by atoms with Gasteiger partial charge in [-0.15, -0.1) is 0 Å². The molecule has 0 bridgehead atoms. The van der Waals surface area contributed by atoms with E-state index in [1.54, 1.807) is 7.11 Å². The third-order valence-corrected chi connectivity index (χ3v) is 5.63. The van der Waals surface area contributed by atoms with Crippen LogP contribution in [0.5, 0.6) is 11.5 Å². The van der Waals surface area contributed by atoms with Crippen LogP contribution in [-0.4, -0.2) is 30.6 Å². The maximum atomic E-state index is 10.7. The molecule has 1 aromatic heterocycles. The van der Waals surface area contributed by atoms with E-state index in [2.05, 4.69) is 4.98 Å². The van der Waals surface area contributed by atoms with Crippen molar-refractivity contribution >= 4 is 33.8 Å². The molecule has 4 aromatic rings. The second-order valence-corrected chi connectivity index (χ2v) is 7.96. The molecule has 8 nitrogen and oxygen atoms in total. The van der Waals surface area contributed by atoms with Crippen molar-refractivity contribution in [2.45, 2.75) is 25.7 Å². The molecule has 1 heterocycles. The third-order valence-electron chi connectivity index (χ3n) is 5.63. The molecule has 0 unspecified atom stereocenters. The van der Waals surface area contributed by atoms with Crippen LogP contribution in [0.3, 0.4) is 0 Å². The molecule has 0 aliphatic rings. The molecule has 176 valence electrons. The molecule has 0 fully saturated rings. The Hall–Kier alpha value is -2.07. The molecule has 0 atom stereocenters. The number of rotatable bonds is 11. The molecule has 0 saturated carbocycles. The Bertz CT molecular complexity index is 1320. The molecule has 0 N–H and O–H groups in total. The first-order valence-electron chi connectivity index (χ1n) is 11.0. The molecule has 0 saturated heterocycles. The summed E-state index contributed by atoms with van der Waals surface area (Å²) in [6, 6.07) is 17.2. The summed E-state index contributed by atoms with van der Waals surface area (Å²) in [7, 11) is 1.61. The van der Waals surface area contributed by atoms with Gasteiger partial charge in [-0.1, -0.05) is 25.0 Å². The SMILES string of the molecule is COc1ccc2nc(-c3ccc4cc(OCCCCCC(C(=O)[O-])C(=O)[O-])ccc4c3)oc2c1.[Na+].[Na+]. The van der Waals surface area contributed by atoms with Crippen LogP contribution < -0.4 is 78.8 Å². The van der Waals surface area contributed by atoms with Crippen LogP contribution in [0.4, 0.5) is 0 Å². The number of hydrogen-bond acceptors (Lipinski definition) is 8. The van der Waals surface area contributed by atoms with Crippen molar-refractivity contribution < 1.29 is 92.8 Å². The summed E-state index contributed by atoms with van der Waals surface area (Å²) in [4.78, 5) is 26.1. The van der Waals surface area contributed by atoms with Crippen LogP contribution in [0.2, 0.25) is 0 Å². The standard InChI is InChI=1S/C26H25NO7.2Na/c1-32-19-10-11-22-23(15-19)34-24(27-22)18-7-6-17-14-20(9-8-16(17)13-18)33-12-4-2-3-5-21(25(28)29)26(30)31;;/h6-11,13-15,21H,2-5,12H2,1H3,(H,28,29)(H,30,31);;/q;2*+1/p-2. The van der Waals surface area contributed by atoms with Gasteiger partial charge in [-0.2, -0.15) is 0 Å². The molecule has 36 heavy (non-hydrogen) atoms. The maximum absolute atomic E-state index is 10.7. The molecular formula is C26H23NNa2O7. The number of carbonyl (C=O) groups excluding carboxylic acids is 2. The largest absolute Gasteiger partial charge is 1.00 e. The quantitative estimate of drug-likeness (QED) is 0.118. The topological polar surface area (TPSA) is 125 Å². The number of nitrogens with zero attached hydrogens (tertiary/aromatic N) is 1. The molecule has 0 amide bonds. The number of fused-ring (bicyclic) bond motifs is 2. The Morgan fingerprint density at radius 3 is 2.31 bits per heavy atom. The average Bonchev–Trinajstić information content (AvgIpc) is 3.26.